The Bertz CT molecular complexity index is 264. The summed E-state index contributed by atoms with van der Waals surface area (Å²) in [5.74, 6) is 0.0158. The SMILES string of the molecule is [B]C(C)CC(C)NC(=O)C(CC(C)=O)C(C)C. The van der Waals surface area contributed by atoms with E-state index in [0.29, 0.717) is 6.42 Å². The van der Waals surface area contributed by atoms with Gasteiger partial charge in [0.25, 0.3) is 0 Å². The lowest BCUT2D eigenvalue weighted by Gasteiger charge is -2.23. The Labute approximate surface area is 106 Å². The molecule has 0 saturated carbocycles. The summed E-state index contributed by atoms with van der Waals surface area (Å²) in [5, 5.41) is 2.93. The van der Waals surface area contributed by atoms with Gasteiger partial charge in [-0.05, 0) is 26.2 Å². The fourth-order valence-electron chi connectivity index (χ4n) is 1.91. The summed E-state index contributed by atoms with van der Waals surface area (Å²) >= 11 is 0. The zero-order valence-corrected chi connectivity index (χ0v) is 11.6. The number of rotatable bonds is 7. The Balaban J connectivity index is 4.37. The maximum atomic E-state index is 12.0. The second kappa shape index (κ2) is 7.52. The van der Waals surface area contributed by atoms with Crippen LogP contribution in [0, 0.1) is 11.8 Å². The number of carbonyl (C=O) groups excluding carboxylic acids is 2. The second-order valence-electron chi connectivity index (χ2n) is 5.38. The van der Waals surface area contributed by atoms with Crippen molar-refractivity contribution in [2.75, 3.05) is 0 Å². The van der Waals surface area contributed by atoms with Gasteiger partial charge in [0, 0.05) is 18.4 Å². The molecule has 0 spiro atoms. The fourth-order valence-corrected chi connectivity index (χ4v) is 1.91. The Kier molecular flexibility index (Phi) is 7.16. The van der Waals surface area contributed by atoms with E-state index < -0.39 is 0 Å². The summed E-state index contributed by atoms with van der Waals surface area (Å²) in [4.78, 5) is 23.1. The van der Waals surface area contributed by atoms with Crippen molar-refractivity contribution in [3.05, 3.63) is 0 Å². The largest absolute Gasteiger partial charge is 0.353 e. The maximum absolute atomic E-state index is 12.0. The highest BCUT2D eigenvalue weighted by molar-refractivity contribution is 6.11. The van der Waals surface area contributed by atoms with Gasteiger partial charge in [0.05, 0.1) is 7.85 Å². The van der Waals surface area contributed by atoms with Gasteiger partial charge in [-0.25, -0.2) is 0 Å². The lowest BCUT2D eigenvalue weighted by Crippen LogP contribution is -2.40. The number of ketones is 1. The number of nitrogens with one attached hydrogen (secondary N) is 1. The molecule has 17 heavy (non-hydrogen) atoms. The molecule has 0 aliphatic heterocycles. The van der Waals surface area contributed by atoms with Crippen LogP contribution < -0.4 is 5.32 Å². The zero-order valence-electron chi connectivity index (χ0n) is 11.6. The minimum atomic E-state index is -0.233. The molecule has 0 fully saturated rings. The van der Waals surface area contributed by atoms with E-state index in [1.165, 1.54) is 6.92 Å². The molecule has 0 rings (SSSR count). The zero-order chi connectivity index (χ0) is 13.6. The van der Waals surface area contributed by atoms with Crippen LogP contribution in [0.15, 0.2) is 0 Å². The molecule has 0 aromatic heterocycles. The molecule has 1 N–H and O–H groups in total. The average Bonchev–Trinajstić information content (AvgIpc) is 2.11. The smallest absolute Gasteiger partial charge is 0.224 e. The number of hydrogen-bond acceptors (Lipinski definition) is 2. The highest BCUT2D eigenvalue weighted by atomic mass is 16.2. The number of Topliss-reactive ketones (excluding diaryl/α,β-unsaturated/α-hetero) is 1. The molecule has 0 heterocycles. The highest BCUT2D eigenvalue weighted by Crippen LogP contribution is 2.17. The third-order valence-corrected chi connectivity index (χ3v) is 2.76. The van der Waals surface area contributed by atoms with Crippen LogP contribution >= 0.6 is 0 Å². The van der Waals surface area contributed by atoms with Gasteiger partial charge in [-0.15, -0.1) is 0 Å². The van der Waals surface area contributed by atoms with Crippen molar-refractivity contribution >= 4 is 19.5 Å². The highest BCUT2D eigenvalue weighted by Gasteiger charge is 2.24. The Morgan fingerprint density at radius 3 is 2.06 bits per heavy atom. The van der Waals surface area contributed by atoms with Crippen LogP contribution in [0.25, 0.3) is 0 Å². The van der Waals surface area contributed by atoms with E-state index in [-0.39, 0.29) is 35.4 Å². The fraction of sp³-hybridized carbons (Fsp3) is 0.846. The van der Waals surface area contributed by atoms with Crippen LogP contribution in [0.3, 0.4) is 0 Å². The molecule has 0 aliphatic carbocycles. The first kappa shape index (κ1) is 16.2. The first-order chi connectivity index (χ1) is 7.73. The monoisotopic (exact) mass is 237 g/mol. The first-order valence-electron chi connectivity index (χ1n) is 6.29. The van der Waals surface area contributed by atoms with Gasteiger partial charge < -0.3 is 10.1 Å². The first-order valence-corrected chi connectivity index (χ1v) is 6.29. The van der Waals surface area contributed by atoms with Crippen LogP contribution in [0.5, 0.6) is 0 Å². The van der Waals surface area contributed by atoms with Crippen LogP contribution in [0.2, 0.25) is 5.82 Å². The minimum Gasteiger partial charge on any atom is -0.353 e. The van der Waals surface area contributed by atoms with Crippen molar-refractivity contribution in [2.24, 2.45) is 11.8 Å². The van der Waals surface area contributed by atoms with E-state index in [1.54, 1.807) is 0 Å². The molecule has 3 nitrogen and oxygen atoms in total. The summed E-state index contributed by atoms with van der Waals surface area (Å²) in [7, 11) is 5.68. The Hall–Kier alpha value is -0.795. The third-order valence-electron chi connectivity index (χ3n) is 2.76. The van der Waals surface area contributed by atoms with Crippen molar-refractivity contribution < 1.29 is 9.59 Å². The molecule has 3 unspecified atom stereocenters. The van der Waals surface area contributed by atoms with Crippen molar-refractivity contribution in [2.45, 2.75) is 59.3 Å². The van der Waals surface area contributed by atoms with E-state index in [9.17, 15) is 9.59 Å². The van der Waals surface area contributed by atoms with Crippen LogP contribution in [-0.4, -0.2) is 25.6 Å². The van der Waals surface area contributed by atoms with Crippen molar-refractivity contribution in [1.29, 1.82) is 0 Å². The van der Waals surface area contributed by atoms with E-state index in [0.717, 1.165) is 6.42 Å². The van der Waals surface area contributed by atoms with Gasteiger partial charge in [-0.3, -0.25) is 4.79 Å². The topological polar surface area (TPSA) is 46.2 Å². The van der Waals surface area contributed by atoms with Crippen LogP contribution in [-0.2, 0) is 9.59 Å². The van der Waals surface area contributed by atoms with Gasteiger partial charge in [-0.1, -0.05) is 26.6 Å². The lowest BCUT2D eigenvalue weighted by molar-refractivity contribution is -0.130. The minimum absolute atomic E-state index is 0.0386. The van der Waals surface area contributed by atoms with Crippen LogP contribution in [0.1, 0.15) is 47.5 Å². The van der Waals surface area contributed by atoms with E-state index in [4.69, 9.17) is 7.85 Å². The molecular formula is C13H24BNO2. The molecular weight excluding hydrogens is 213 g/mol. The summed E-state index contributed by atoms with van der Waals surface area (Å²) in [6, 6.07) is 0.0516. The average molecular weight is 237 g/mol. The van der Waals surface area contributed by atoms with Crippen LogP contribution in [0.4, 0.5) is 0 Å². The summed E-state index contributed by atoms with van der Waals surface area (Å²) in [5.41, 5.74) is 0. The lowest BCUT2D eigenvalue weighted by atomic mass is 9.84. The Morgan fingerprint density at radius 1 is 1.18 bits per heavy atom. The summed E-state index contributed by atoms with van der Waals surface area (Å²) in [6.07, 6.45) is 1.06. The van der Waals surface area contributed by atoms with Gasteiger partial charge >= 0.3 is 0 Å². The van der Waals surface area contributed by atoms with Gasteiger partial charge in [0.15, 0.2) is 0 Å². The standard InChI is InChI=1S/C13H24BNO2/c1-8(2)12(7-11(5)16)13(17)15-10(4)6-9(3)14/h8-10,12H,6-7H2,1-5H3,(H,15,17). The second-order valence-corrected chi connectivity index (χ2v) is 5.38. The van der Waals surface area contributed by atoms with E-state index in [2.05, 4.69) is 5.32 Å². The van der Waals surface area contributed by atoms with Gasteiger partial charge in [0.2, 0.25) is 5.91 Å². The van der Waals surface area contributed by atoms with E-state index >= 15 is 0 Å². The molecule has 0 aromatic carbocycles. The van der Waals surface area contributed by atoms with E-state index in [1.807, 2.05) is 27.7 Å². The van der Waals surface area contributed by atoms with Crippen molar-refractivity contribution in [3.63, 3.8) is 0 Å². The Morgan fingerprint density at radius 2 is 1.71 bits per heavy atom. The molecule has 96 valence electrons. The van der Waals surface area contributed by atoms with Crippen molar-refractivity contribution in [1.82, 2.24) is 5.32 Å². The summed E-state index contributed by atoms with van der Waals surface area (Å²) < 4.78 is 0. The molecule has 3 atom stereocenters. The normalized spacial score (nSPS) is 16.4. The maximum Gasteiger partial charge on any atom is 0.224 e. The number of amides is 1. The molecule has 2 radical (unpaired) electrons. The van der Waals surface area contributed by atoms with Gasteiger partial charge in [0.1, 0.15) is 5.78 Å². The predicted octanol–water partition coefficient (Wildman–Crippen LogP) is 2.11. The molecule has 4 heteroatoms. The number of carbonyl (C=O) groups is 2. The predicted molar refractivity (Wildman–Crippen MR) is 71.0 cm³/mol. The summed E-state index contributed by atoms with van der Waals surface area (Å²) in [6.45, 7) is 9.30. The third kappa shape index (κ3) is 7.19. The quantitative estimate of drug-likeness (QED) is 0.689. The molecule has 0 bridgehead atoms. The molecule has 0 aromatic rings. The van der Waals surface area contributed by atoms with Crippen molar-refractivity contribution in [3.8, 4) is 0 Å². The van der Waals surface area contributed by atoms with Gasteiger partial charge in [-0.2, -0.15) is 0 Å². The number of hydrogen-bond donors (Lipinski definition) is 1. The molecule has 1 amide bonds. The molecule has 0 aliphatic rings. The molecule has 0 saturated heterocycles.